The van der Waals surface area contributed by atoms with E-state index in [2.05, 4.69) is 12.2 Å². The number of amides is 1. The molecule has 0 aliphatic heterocycles. The highest BCUT2D eigenvalue weighted by Gasteiger charge is 2.26. The summed E-state index contributed by atoms with van der Waals surface area (Å²) in [6, 6.07) is 4.11. The molecule has 0 heterocycles. The van der Waals surface area contributed by atoms with Crippen molar-refractivity contribution in [1.29, 1.82) is 0 Å². The second-order valence-corrected chi connectivity index (χ2v) is 6.39. The monoisotopic (exact) mass is 319 g/mol. The van der Waals surface area contributed by atoms with Crippen molar-refractivity contribution in [2.45, 2.75) is 51.9 Å². The normalized spacial score (nSPS) is 20.9. The van der Waals surface area contributed by atoms with E-state index in [1.165, 1.54) is 37.5 Å². The van der Waals surface area contributed by atoms with Crippen molar-refractivity contribution in [1.82, 2.24) is 0 Å². The number of unbranched alkanes of at least 4 members (excludes halogenated alkanes) is 1. The molecular weight excluding hydrogens is 294 g/mol. The summed E-state index contributed by atoms with van der Waals surface area (Å²) in [5.41, 5.74) is 0.212. The van der Waals surface area contributed by atoms with Gasteiger partial charge in [0, 0.05) is 11.6 Å². The number of rotatable bonds is 6. The van der Waals surface area contributed by atoms with Crippen LogP contribution in [0.1, 0.15) is 62.2 Å². The minimum Gasteiger partial charge on any atom is -0.507 e. The van der Waals surface area contributed by atoms with Crippen LogP contribution in [0.3, 0.4) is 0 Å². The van der Waals surface area contributed by atoms with Crippen molar-refractivity contribution in [2.75, 3.05) is 5.32 Å². The SMILES string of the molecule is CCCCC1CCC(C(=O)Nc2ccc(O)c(C(=O)O)c2)CC1. The number of aromatic carboxylic acids is 1. The van der Waals surface area contributed by atoms with Crippen molar-refractivity contribution < 1.29 is 19.8 Å². The van der Waals surface area contributed by atoms with E-state index in [1.54, 1.807) is 0 Å². The lowest BCUT2D eigenvalue weighted by atomic mass is 9.79. The second kappa shape index (κ2) is 7.99. The number of hydrogen-bond donors (Lipinski definition) is 3. The van der Waals surface area contributed by atoms with Crippen molar-refractivity contribution >= 4 is 17.6 Å². The zero-order valence-corrected chi connectivity index (χ0v) is 13.5. The Morgan fingerprint density at radius 2 is 1.91 bits per heavy atom. The predicted octanol–water partition coefficient (Wildman–Crippen LogP) is 4.03. The Labute approximate surface area is 136 Å². The highest BCUT2D eigenvalue weighted by Crippen LogP contribution is 2.32. The number of anilines is 1. The summed E-state index contributed by atoms with van der Waals surface area (Å²) in [6.45, 7) is 2.20. The number of carbonyl (C=O) groups is 2. The van der Waals surface area contributed by atoms with Crippen LogP contribution in [0.4, 0.5) is 5.69 Å². The smallest absolute Gasteiger partial charge is 0.339 e. The van der Waals surface area contributed by atoms with Crippen LogP contribution < -0.4 is 5.32 Å². The highest BCUT2D eigenvalue weighted by molar-refractivity contribution is 5.96. The zero-order chi connectivity index (χ0) is 16.8. The second-order valence-electron chi connectivity index (χ2n) is 6.39. The molecule has 126 valence electrons. The van der Waals surface area contributed by atoms with Crippen molar-refractivity contribution in [3.05, 3.63) is 23.8 Å². The number of benzene rings is 1. The lowest BCUT2D eigenvalue weighted by Gasteiger charge is -2.27. The first kappa shape index (κ1) is 17.3. The predicted molar refractivity (Wildman–Crippen MR) is 88.7 cm³/mol. The Morgan fingerprint density at radius 3 is 2.52 bits per heavy atom. The molecule has 2 rings (SSSR count). The molecule has 0 aromatic heterocycles. The molecule has 0 radical (unpaired) electrons. The number of carboxylic acids is 1. The Hall–Kier alpha value is -2.04. The fourth-order valence-electron chi connectivity index (χ4n) is 3.24. The van der Waals surface area contributed by atoms with Gasteiger partial charge in [0.25, 0.3) is 0 Å². The summed E-state index contributed by atoms with van der Waals surface area (Å²) in [4.78, 5) is 23.3. The van der Waals surface area contributed by atoms with Gasteiger partial charge in [0.1, 0.15) is 11.3 Å². The first-order valence-corrected chi connectivity index (χ1v) is 8.38. The third kappa shape index (κ3) is 4.71. The Balaban J connectivity index is 1.90. The number of nitrogens with one attached hydrogen (secondary N) is 1. The molecule has 23 heavy (non-hydrogen) atoms. The molecule has 0 saturated heterocycles. The zero-order valence-electron chi connectivity index (χ0n) is 13.5. The lowest BCUT2D eigenvalue weighted by molar-refractivity contribution is -0.121. The van der Waals surface area contributed by atoms with Gasteiger partial charge in [-0.3, -0.25) is 4.79 Å². The average Bonchev–Trinajstić information content (AvgIpc) is 2.54. The van der Waals surface area contributed by atoms with E-state index in [1.807, 2.05) is 0 Å². The maximum atomic E-state index is 12.3. The molecule has 1 amide bonds. The first-order chi connectivity index (χ1) is 11.0. The van der Waals surface area contributed by atoms with E-state index in [0.29, 0.717) is 5.69 Å². The number of hydrogen-bond acceptors (Lipinski definition) is 3. The molecule has 1 aliphatic carbocycles. The summed E-state index contributed by atoms with van der Waals surface area (Å²) in [7, 11) is 0. The summed E-state index contributed by atoms with van der Waals surface area (Å²) in [5.74, 6) is -0.829. The minimum atomic E-state index is -1.21. The van der Waals surface area contributed by atoms with Crippen LogP contribution in [0, 0.1) is 11.8 Å². The fraction of sp³-hybridized carbons (Fsp3) is 0.556. The molecule has 5 heteroatoms. The third-order valence-corrected chi connectivity index (χ3v) is 4.68. The fourth-order valence-corrected chi connectivity index (χ4v) is 3.24. The first-order valence-electron chi connectivity index (χ1n) is 8.38. The van der Waals surface area contributed by atoms with Gasteiger partial charge in [-0.25, -0.2) is 4.79 Å². The van der Waals surface area contributed by atoms with Gasteiger partial charge in [0.05, 0.1) is 0 Å². The maximum Gasteiger partial charge on any atom is 0.339 e. The van der Waals surface area contributed by atoms with Gasteiger partial charge < -0.3 is 15.5 Å². The summed E-state index contributed by atoms with van der Waals surface area (Å²) >= 11 is 0. The number of phenols is 1. The van der Waals surface area contributed by atoms with Crippen LogP contribution in [0.2, 0.25) is 0 Å². The molecule has 1 aromatic carbocycles. The van der Waals surface area contributed by atoms with E-state index in [-0.39, 0.29) is 23.1 Å². The molecular formula is C18H25NO4. The molecule has 1 fully saturated rings. The molecule has 1 saturated carbocycles. The molecule has 0 spiro atoms. The Morgan fingerprint density at radius 1 is 1.22 bits per heavy atom. The van der Waals surface area contributed by atoms with Gasteiger partial charge in [-0.2, -0.15) is 0 Å². The van der Waals surface area contributed by atoms with Gasteiger partial charge in [0.15, 0.2) is 0 Å². The molecule has 0 unspecified atom stereocenters. The molecule has 1 aliphatic rings. The van der Waals surface area contributed by atoms with E-state index >= 15 is 0 Å². The Bertz CT molecular complexity index is 562. The summed E-state index contributed by atoms with van der Waals surface area (Å²) in [5, 5.41) is 21.3. The van der Waals surface area contributed by atoms with E-state index < -0.39 is 5.97 Å². The van der Waals surface area contributed by atoms with Gasteiger partial charge in [-0.1, -0.05) is 26.2 Å². The summed E-state index contributed by atoms with van der Waals surface area (Å²) in [6.07, 6.45) is 7.70. The maximum absolute atomic E-state index is 12.3. The van der Waals surface area contributed by atoms with Crippen molar-refractivity contribution in [3.63, 3.8) is 0 Å². The number of aromatic hydroxyl groups is 1. The molecule has 0 atom stereocenters. The van der Waals surface area contributed by atoms with Crippen molar-refractivity contribution in [3.8, 4) is 5.75 Å². The van der Waals surface area contributed by atoms with Crippen LogP contribution in [0.15, 0.2) is 18.2 Å². The third-order valence-electron chi connectivity index (χ3n) is 4.68. The van der Waals surface area contributed by atoms with Gasteiger partial charge in [0.2, 0.25) is 5.91 Å². The largest absolute Gasteiger partial charge is 0.507 e. The van der Waals surface area contributed by atoms with Gasteiger partial charge in [-0.15, -0.1) is 0 Å². The Kier molecular flexibility index (Phi) is 6.02. The van der Waals surface area contributed by atoms with Crippen LogP contribution in [0.5, 0.6) is 5.75 Å². The topological polar surface area (TPSA) is 86.6 Å². The quantitative estimate of drug-likeness (QED) is 0.691. The van der Waals surface area contributed by atoms with E-state index in [4.69, 9.17) is 5.11 Å². The molecule has 5 nitrogen and oxygen atoms in total. The van der Waals surface area contributed by atoms with Gasteiger partial charge >= 0.3 is 5.97 Å². The minimum absolute atomic E-state index is 0.00467. The van der Waals surface area contributed by atoms with E-state index in [0.717, 1.165) is 31.6 Å². The van der Waals surface area contributed by atoms with Gasteiger partial charge in [-0.05, 0) is 49.8 Å². The van der Waals surface area contributed by atoms with Crippen molar-refractivity contribution in [2.24, 2.45) is 11.8 Å². The molecule has 1 aromatic rings. The van der Waals surface area contributed by atoms with Crippen LogP contribution in [0.25, 0.3) is 0 Å². The lowest BCUT2D eigenvalue weighted by Crippen LogP contribution is -2.27. The number of carbonyl (C=O) groups excluding carboxylic acids is 1. The van der Waals surface area contributed by atoms with Crippen LogP contribution in [-0.4, -0.2) is 22.1 Å². The van der Waals surface area contributed by atoms with Crippen LogP contribution >= 0.6 is 0 Å². The standard InChI is InChI=1S/C18H25NO4/c1-2-3-4-12-5-7-13(8-6-12)17(21)19-14-9-10-16(20)15(11-14)18(22)23/h9-13,20H,2-8H2,1H3,(H,19,21)(H,22,23). The molecule has 3 N–H and O–H groups in total. The number of carboxylic acid groups (broad SMARTS) is 1. The molecule has 0 bridgehead atoms. The average molecular weight is 319 g/mol. The van der Waals surface area contributed by atoms with E-state index in [9.17, 15) is 14.7 Å². The van der Waals surface area contributed by atoms with Crippen LogP contribution in [-0.2, 0) is 4.79 Å². The summed E-state index contributed by atoms with van der Waals surface area (Å²) < 4.78 is 0. The highest BCUT2D eigenvalue weighted by atomic mass is 16.4.